The number of carboxylic acid groups (broad SMARTS) is 1. The molecule has 0 fully saturated rings. The van der Waals surface area contributed by atoms with Gasteiger partial charge in [0.25, 0.3) is 5.91 Å². The van der Waals surface area contributed by atoms with Crippen LogP contribution in [0.3, 0.4) is 0 Å². The predicted molar refractivity (Wildman–Crippen MR) is 93.6 cm³/mol. The van der Waals surface area contributed by atoms with Crippen molar-refractivity contribution in [1.82, 2.24) is 9.47 Å². The molecule has 5 nitrogen and oxygen atoms in total. The van der Waals surface area contributed by atoms with Gasteiger partial charge in [0.05, 0.1) is 5.52 Å². The highest BCUT2D eigenvalue weighted by molar-refractivity contribution is 6.05. The predicted octanol–water partition coefficient (Wildman–Crippen LogP) is 3.14. The molecule has 24 heavy (non-hydrogen) atoms. The van der Waals surface area contributed by atoms with Gasteiger partial charge in [0, 0.05) is 18.5 Å². The number of aryl methyl sites for hydroxylation is 2. The molecule has 1 amide bonds. The van der Waals surface area contributed by atoms with Crippen LogP contribution in [0.25, 0.3) is 10.9 Å². The van der Waals surface area contributed by atoms with Crippen molar-refractivity contribution in [2.24, 2.45) is 0 Å². The van der Waals surface area contributed by atoms with Crippen molar-refractivity contribution in [3.05, 3.63) is 34.5 Å². The molecule has 1 aromatic heterocycles. The molecule has 1 aliphatic rings. The average Bonchev–Trinajstić information content (AvgIpc) is 2.86. The van der Waals surface area contributed by atoms with Crippen molar-refractivity contribution in [2.75, 3.05) is 13.1 Å². The number of aliphatic carboxylic acids is 1. The number of nitrogens with zero attached hydrogens (tertiary/aromatic N) is 2. The SMILES string of the molecule is CCCCN1CCc2c(n(CC(=O)O)c3c(C)ccc(C)c23)C1=O. The third kappa shape index (κ3) is 2.58. The molecule has 128 valence electrons. The Labute approximate surface area is 141 Å². The highest BCUT2D eigenvalue weighted by Gasteiger charge is 2.32. The number of carbonyl (C=O) groups excluding carboxylic acids is 1. The standard InChI is InChI=1S/C19H24N2O3/c1-4-5-9-20-10-8-14-16-12(2)6-7-13(3)17(16)21(11-15(22)23)18(14)19(20)24/h6-7H,4-5,8-11H2,1-3H3,(H,22,23). The Morgan fingerprint density at radius 2 is 1.96 bits per heavy atom. The molecular weight excluding hydrogens is 304 g/mol. The van der Waals surface area contributed by atoms with Gasteiger partial charge in [-0.15, -0.1) is 0 Å². The van der Waals surface area contributed by atoms with Gasteiger partial charge in [-0.3, -0.25) is 9.59 Å². The summed E-state index contributed by atoms with van der Waals surface area (Å²) in [6.07, 6.45) is 2.80. The van der Waals surface area contributed by atoms with Gasteiger partial charge in [-0.25, -0.2) is 0 Å². The van der Waals surface area contributed by atoms with Gasteiger partial charge in [-0.2, -0.15) is 0 Å². The van der Waals surface area contributed by atoms with E-state index in [1.807, 2.05) is 24.8 Å². The largest absolute Gasteiger partial charge is 0.480 e. The topological polar surface area (TPSA) is 62.5 Å². The van der Waals surface area contributed by atoms with E-state index >= 15 is 0 Å². The first-order valence-electron chi connectivity index (χ1n) is 8.58. The minimum absolute atomic E-state index is 0.0269. The van der Waals surface area contributed by atoms with Crippen LogP contribution in [0.15, 0.2) is 12.1 Å². The number of hydrogen-bond acceptors (Lipinski definition) is 2. The summed E-state index contributed by atoms with van der Waals surface area (Å²) in [6, 6.07) is 4.05. The molecule has 0 atom stereocenters. The van der Waals surface area contributed by atoms with E-state index in [1.165, 1.54) is 0 Å². The van der Waals surface area contributed by atoms with E-state index in [4.69, 9.17) is 0 Å². The summed E-state index contributed by atoms with van der Waals surface area (Å²) in [4.78, 5) is 26.3. The van der Waals surface area contributed by atoms with E-state index < -0.39 is 5.97 Å². The van der Waals surface area contributed by atoms with Crippen molar-refractivity contribution in [3.8, 4) is 0 Å². The fraction of sp³-hybridized carbons (Fsp3) is 0.474. The second-order valence-electron chi connectivity index (χ2n) is 6.63. The van der Waals surface area contributed by atoms with Crippen LogP contribution in [0.5, 0.6) is 0 Å². The van der Waals surface area contributed by atoms with Crippen molar-refractivity contribution >= 4 is 22.8 Å². The number of fused-ring (bicyclic) bond motifs is 3. The van der Waals surface area contributed by atoms with E-state index in [0.717, 1.165) is 53.4 Å². The molecule has 1 aromatic carbocycles. The van der Waals surface area contributed by atoms with E-state index in [9.17, 15) is 14.7 Å². The van der Waals surface area contributed by atoms with Gasteiger partial charge in [0.15, 0.2) is 0 Å². The highest BCUT2D eigenvalue weighted by Crippen LogP contribution is 2.34. The Kier molecular flexibility index (Phi) is 4.35. The van der Waals surface area contributed by atoms with E-state index in [0.29, 0.717) is 12.2 Å². The number of hydrogen-bond donors (Lipinski definition) is 1. The lowest BCUT2D eigenvalue weighted by Gasteiger charge is -2.28. The first-order valence-corrected chi connectivity index (χ1v) is 8.58. The summed E-state index contributed by atoms with van der Waals surface area (Å²) < 4.78 is 1.72. The highest BCUT2D eigenvalue weighted by atomic mass is 16.4. The van der Waals surface area contributed by atoms with Crippen molar-refractivity contribution in [2.45, 2.75) is 46.6 Å². The summed E-state index contributed by atoms with van der Waals surface area (Å²) >= 11 is 0. The molecule has 1 aliphatic heterocycles. The van der Waals surface area contributed by atoms with Crippen LogP contribution in [0, 0.1) is 13.8 Å². The Bertz CT molecular complexity index is 820. The van der Waals surface area contributed by atoms with E-state index in [-0.39, 0.29) is 12.5 Å². The molecule has 2 heterocycles. The molecule has 1 N–H and O–H groups in total. The number of rotatable bonds is 5. The third-order valence-electron chi connectivity index (χ3n) is 4.91. The quantitative estimate of drug-likeness (QED) is 0.917. The number of unbranched alkanes of at least 4 members (excludes halogenated alkanes) is 1. The minimum atomic E-state index is -0.922. The number of aromatic nitrogens is 1. The van der Waals surface area contributed by atoms with Crippen molar-refractivity contribution < 1.29 is 14.7 Å². The third-order valence-corrected chi connectivity index (χ3v) is 4.91. The maximum Gasteiger partial charge on any atom is 0.323 e. The number of carboxylic acids is 1. The molecule has 0 spiro atoms. The molecule has 5 heteroatoms. The zero-order valence-corrected chi connectivity index (χ0v) is 14.6. The molecule has 0 aliphatic carbocycles. The Balaban J connectivity index is 2.23. The lowest BCUT2D eigenvalue weighted by Crippen LogP contribution is -2.39. The maximum absolute atomic E-state index is 13.0. The smallest absolute Gasteiger partial charge is 0.323 e. The summed E-state index contributed by atoms with van der Waals surface area (Å²) in [6.45, 7) is 7.39. The monoisotopic (exact) mass is 328 g/mol. The van der Waals surface area contributed by atoms with Crippen LogP contribution in [0.2, 0.25) is 0 Å². The Hall–Kier alpha value is -2.30. The van der Waals surface area contributed by atoms with Gasteiger partial charge < -0.3 is 14.6 Å². The lowest BCUT2D eigenvalue weighted by atomic mass is 9.98. The first kappa shape index (κ1) is 16.6. The number of benzene rings is 1. The fourth-order valence-corrected chi connectivity index (χ4v) is 3.76. The average molecular weight is 328 g/mol. The van der Waals surface area contributed by atoms with Crippen LogP contribution in [0.1, 0.15) is 46.9 Å². The molecular formula is C19H24N2O3. The molecule has 0 radical (unpaired) electrons. The Morgan fingerprint density at radius 3 is 2.62 bits per heavy atom. The van der Waals surface area contributed by atoms with Crippen molar-refractivity contribution in [1.29, 1.82) is 0 Å². The maximum atomic E-state index is 13.0. The van der Waals surface area contributed by atoms with Crippen LogP contribution >= 0.6 is 0 Å². The fourth-order valence-electron chi connectivity index (χ4n) is 3.76. The van der Waals surface area contributed by atoms with Gasteiger partial charge in [-0.05, 0) is 43.4 Å². The first-order chi connectivity index (χ1) is 11.5. The summed E-state index contributed by atoms with van der Waals surface area (Å²) in [5, 5.41) is 10.4. The van der Waals surface area contributed by atoms with Crippen molar-refractivity contribution in [3.63, 3.8) is 0 Å². The van der Waals surface area contributed by atoms with Crippen LogP contribution in [-0.4, -0.2) is 39.5 Å². The van der Waals surface area contributed by atoms with Gasteiger partial charge in [0.2, 0.25) is 0 Å². The van der Waals surface area contributed by atoms with Crippen LogP contribution in [-0.2, 0) is 17.8 Å². The number of carbonyl (C=O) groups is 2. The second-order valence-corrected chi connectivity index (χ2v) is 6.63. The normalized spacial score (nSPS) is 14.3. The summed E-state index contributed by atoms with van der Waals surface area (Å²) in [7, 11) is 0. The Morgan fingerprint density at radius 1 is 1.25 bits per heavy atom. The van der Waals surface area contributed by atoms with E-state index in [1.54, 1.807) is 4.57 Å². The molecule has 0 unspecified atom stereocenters. The van der Waals surface area contributed by atoms with Crippen LogP contribution in [0.4, 0.5) is 0 Å². The van der Waals surface area contributed by atoms with Gasteiger partial charge >= 0.3 is 5.97 Å². The molecule has 2 aromatic rings. The molecule has 0 saturated carbocycles. The summed E-state index contributed by atoms with van der Waals surface area (Å²) in [5.74, 6) is -0.949. The summed E-state index contributed by atoms with van der Waals surface area (Å²) in [5.41, 5.74) is 4.61. The zero-order chi connectivity index (χ0) is 17.4. The second kappa shape index (κ2) is 6.30. The van der Waals surface area contributed by atoms with Gasteiger partial charge in [0.1, 0.15) is 12.2 Å². The molecule has 0 bridgehead atoms. The zero-order valence-electron chi connectivity index (χ0n) is 14.6. The minimum Gasteiger partial charge on any atom is -0.480 e. The molecule has 0 saturated heterocycles. The van der Waals surface area contributed by atoms with Crippen LogP contribution < -0.4 is 0 Å². The lowest BCUT2D eigenvalue weighted by molar-refractivity contribution is -0.137. The van der Waals surface area contributed by atoms with Gasteiger partial charge in [-0.1, -0.05) is 25.5 Å². The molecule has 3 rings (SSSR count). The van der Waals surface area contributed by atoms with E-state index in [2.05, 4.69) is 13.0 Å². The number of amides is 1.